The molecule has 0 amide bonds. The van der Waals surface area contributed by atoms with Crippen LogP contribution in [0.1, 0.15) is 22.9 Å². The molecule has 0 unspecified atom stereocenters. The zero-order chi connectivity index (χ0) is 19.1. The van der Waals surface area contributed by atoms with E-state index in [1.807, 2.05) is 13.2 Å². The number of nitrogens with one attached hydrogen (secondary N) is 2. The van der Waals surface area contributed by atoms with E-state index in [-0.39, 0.29) is 24.0 Å². The fourth-order valence-electron chi connectivity index (χ4n) is 3.19. The molecule has 0 radical (unpaired) electrons. The first-order valence-corrected chi connectivity index (χ1v) is 10.5. The Balaban J connectivity index is 0.00000280. The third-order valence-corrected chi connectivity index (χ3v) is 6.04. The summed E-state index contributed by atoms with van der Waals surface area (Å²) >= 11 is 1.77. The average Bonchev–Trinajstić information content (AvgIpc) is 3.13. The Morgan fingerprint density at radius 1 is 1.18 bits per heavy atom. The summed E-state index contributed by atoms with van der Waals surface area (Å²) in [5.74, 6) is 1.89. The van der Waals surface area contributed by atoms with Gasteiger partial charge in [-0.3, -0.25) is 4.99 Å². The maximum absolute atomic E-state index is 4.58. The summed E-state index contributed by atoms with van der Waals surface area (Å²) in [5, 5.41) is 8.92. The quantitative estimate of drug-likeness (QED) is 0.353. The zero-order valence-corrected chi connectivity index (χ0v) is 20.1. The highest BCUT2D eigenvalue weighted by Crippen LogP contribution is 2.16. The van der Waals surface area contributed by atoms with Gasteiger partial charge in [-0.2, -0.15) is 0 Å². The molecule has 1 fully saturated rings. The molecule has 0 aliphatic carbocycles. The van der Waals surface area contributed by atoms with Gasteiger partial charge in [0.25, 0.3) is 0 Å². The van der Waals surface area contributed by atoms with Gasteiger partial charge in [0.1, 0.15) is 5.82 Å². The second-order valence-electron chi connectivity index (χ2n) is 6.75. The first kappa shape index (κ1) is 22.9. The number of aromatic nitrogens is 1. The molecule has 1 saturated heterocycles. The van der Waals surface area contributed by atoms with Gasteiger partial charge in [0, 0.05) is 50.8 Å². The number of rotatable bonds is 6. The highest BCUT2D eigenvalue weighted by molar-refractivity contribution is 14.0. The number of hydrogen-bond donors (Lipinski definition) is 2. The number of aryl methyl sites for hydroxylation is 1. The van der Waals surface area contributed by atoms with E-state index >= 15 is 0 Å². The van der Waals surface area contributed by atoms with Crippen molar-refractivity contribution in [3.63, 3.8) is 0 Å². The molecule has 2 N–H and O–H groups in total. The van der Waals surface area contributed by atoms with Crippen LogP contribution in [0.25, 0.3) is 0 Å². The minimum atomic E-state index is 0. The van der Waals surface area contributed by atoms with Gasteiger partial charge >= 0.3 is 0 Å². The third kappa shape index (κ3) is 6.31. The summed E-state index contributed by atoms with van der Waals surface area (Å²) in [6.45, 7) is 11.3. The third-order valence-electron chi connectivity index (χ3n) is 5.02. The number of guanidine groups is 1. The summed E-state index contributed by atoms with van der Waals surface area (Å²) in [5.41, 5.74) is 2.54. The largest absolute Gasteiger partial charge is 0.354 e. The van der Waals surface area contributed by atoms with E-state index in [0.29, 0.717) is 0 Å². The van der Waals surface area contributed by atoms with Crippen molar-refractivity contribution >= 4 is 47.1 Å². The maximum atomic E-state index is 4.58. The number of anilines is 1. The highest BCUT2D eigenvalue weighted by atomic mass is 127. The molecule has 3 heterocycles. The van der Waals surface area contributed by atoms with Crippen molar-refractivity contribution in [3.8, 4) is 0 Å². The van der Waals surface area contributed by atoms with E-state index in [1.54, 1.807) is 11.3 Å². The minimum absolute atomic E-state index is 0. The van der Waals surface area contributed by atoms with Gasteiger partial charge < -0.3 is 20.4 Å². The molecule has 0 atom stereocenters. The van der Waals surface area contributed by atoms with Gasteiger partial charge in [-0.25, -0.2) is 4.98 Å². The lowest BCUT2D eigenvalue weighted by Crippen LogP contribution is -2.46. The van der Waals surface area contributed by atoms with Crippen LogP contribution in [-0.4, -0.2) is 55.6 Å². The Labute approximate surface area is 189 Å². The Bertz CT molecular complexity index is 755. The van der Waals surface area contributed by atoms with Crippen molar-refractivity contribution in [2.45, 2.75) is 26.9 Å². The smallest absolute Gasteiger partial charge is 0.191 e. The summed E-state index contributed by atoms with van der Waals surface area (Å²) in [6.07, 6.45) is 1.91. The number of nitrogens with zero attached hydrogens (tertiary/aromatic N) is 4. The summed E-state index contributed by atoms with van der Waals surface area (Å²) in [7, 11) is 1.81. The van der Waals surface area contributed by atoms with Crippen LogP contribution in [0.2, 0.25) is 0 Å². The number of thiophene rings is 1. The predicted octanol–water partition coefficient (Wildman–Crippen LogP) is 3.08. The Hall–Kier alpha value is -1.39. The molecule has 154 valence electrons. The molecule has 3 rings (SSSR count). The number of hydrogen-bond acceptors (Lipinski definition) is 5. The molecule has 1 aliphatic heterocycles. The number of pyridine rings is 1. The second kappa shape index (κ2) is 11.6. The molecule has 2 aromatic rings. The van der Waals surface area contributed by atoms with E-state index in [4.69, 9.17) is 0 Å². The van der Waals surface area contributed by atoms with Crippen LogP contribution < -0.4 is 15.5 Å². The van der Waals surface area contributed by atoms with Crippen molar-refractivity contribution in [2.24, 2.45) is 4.99 Å². The SMILES string of the molecule is CCN1CCN(c2cc(CNC(=NC)NCc3sccc3C)ccn2)CC1.I. The average molecular weight is 514 g/mol. The normalized spacial score (nSPS) is 15.2. The molecular weight excluding hydrogens is 483 g/mol. The first-order chi connectivity index (χ1) is 13.2. The van der Waals surface area contributed by atoms with Crippen LogP contribution >= 0.6 is 35.3 Å². The molecular formula is C20H31IN6S. The van der Waals surface area contributed by atoms with E-state index in [2.05, 4.69) is 67.8 Å². The van der Waals surface area contributed by atoms with Crippen molar-refractivity contribution in [1.82, 2.24) is 20.5 Å². The molecule has 28 heavy (non-hydrogen) atoms. The molecule has 0 spiro atoms. The van der Waals surface area contributed by atoms with Gasteiger partial charge in [-0.1, -0.05) is 6.92 Å². The van der Waals surface area contributed by atoms with E-state index in [9.17, 15) is 0 Å². The lowest BCUT2D eigenvalue weighted by atomic mass is 10.2. The van der Waals surface area contributed by atoms with Crippen LogP contribution in [0.15, 0.2) is 34.8 Å². The molecule has 6 nitrogen and oxygen atoms in total. The number of piperazine rings is 1. The van der Waals surface area contributed by atoms with Crippen molar-refractivity contribution in [1.29, 1.82) is 0 Å². The summed E-state index contributed by atoms with van der Waals surface area (Å²) < 4.78 is 0. The van der Waals surface area contributed by atoms with Gasteiger partial charge in [-0.05, 0) is 48.2 Å². The molecule has 8 heteroatoms. The highest BCUT2D eigenvalue weighted by Gasteiger charge is 2.16. The van der Waals surface area contributed by atoms with Gasteiger partial charge in [0.15, 0.2) is 5.96 Å². The molecule has 2 aromatic heterocycles. The van der Waals surface area contributed by atoms with Gasteiger partial charge in [0.05, 0.1) is 6.54 Å². The van der Waals surface area contributed by atoms with E-state index < -0.39 is 0 Å². The lowest BCUT2D eigenvalue weighted by molar-refractivity contribution is 0.270. The molecule has 1 aliphatic rings. The van der Waals surface area contributed by atoms with Crippen LogP contribution in [0.5, 0.6) is 0 Å². The Morgan fingerprint density at radius 3 is 2.57 bits per heavy atom. The summed E-state index contributed by atoms with van der Waals surface area (Å²) in [6, 6.07) is 6.40. The molecule has 0 saturated carbocycles. The van der Waals surface area contributed by atoms with Crippen LogP contribution in [0.4, 0.5) is 5.82 Å². The minimum Gasteiger partial charge on any atom is -0.354 e. The van der Waals surface area contributed by atoms with Crippen LogP contribution in [-0.2, 0) is 13.1 Å². The number of aliphatic imine (C=N–C) groups is 1. The van der Waals surface area contributed by atoms with Crippen molar-refractivity contribution < 1.29 is 0 Å². The van der Waals surface area contributed by atoms with Crippen LogP contribution in [0.3, 0.4) is 0 Å². The van der Waals surface area contributed by atoms with E-state index in [1.165, 1.54) is 16.0 Å². The lowest BCUT2D eigenvalue weighted by Gasteiger charge is -2.34. The second-order valence-corrected chi connectivity index (χ2v) is 7.75. The van der Waals surface area contributed by atoms with Gasteiger partial charge in [-0.15, -0.1) is 35.3 Å². The van der Waals surface area contributed by atoms with Crippen molar-refractivity contribution in [3.05, 3.63) is 45.8 Å². The topological polar surface area (TPSA) is 55.8 Å². The Kier molecular flexibility index (Phi) is 9.46. The maximum Gasteiger partial charge on any atom is 0.191 e. The number of likely N-dealkylation sites (N-methyl/N-ethyl adjacent to an activating group) is 1. The van der Waals surface area contributed by atoms with Crippen LogP contribution in [0, 0.1) is 6.92 Å². The Morgan fingerprint density at radius 2 is 1.93 bits per heavy atom. The first-order valence-electron chi connectivity index (χ1n) is 9.59. The standard InChI is InChI=1S/C20H30N6S.HI/c1-4-25-8-10-26(11-9-25)19-13-17(5-7-22-19)14-23-20(21-3)24-15-18-16(2)6-12-27-18;/h5-7,12-13H,4,8-11,14-15H2,1-3H3,(H2,21,23,24);1H. The van der Waals surface area contributed by atoms with Crippen molar-refractivity contribution in [2.75, 3.05) is 44.7 Å². The summed E-state index contributed by atoms with van der Waals surface area (Å²) in [4.78, 5) is 15.1. The predicted molar refractivity (Wildman–Crippen MR) is 130 cm³/mol. The fraction of sp³-hybridized carbons (Fsp3) is 0.500. The monoisotopic (exact) mass is 514 g/mol. The number of halogens is 1. The molecule has 0 bridgehead atoms. The molecule has 0 aromatic carbocycles. The van der Waals surface area contributed by atoms with E-state index in [0.717, 1.165) is 57.6 Å². The fourth-order valence-corrected chi connectivity index (χ4v) is 4.04. The van der Waals surface area contributed by atoms with Gasteiger partial charge in [0.2, 0.25) is 0 Å². The zero-order valence-electron chi connectivity index (χ0n) is 16.9.